The van der Waals surface area contributed by atoms with Crippen molar-refractivity contribution in [2.45, 2.75) is 18.9 Å². The van der Waals surface area contributed by atoms with Crippen LogP contribution in [0.25, 0.3) is 0 Å². The Labute approximate surface area is 119 Å². The van der Waals surface area contributed by atoms with E-state index in [0.717, 1.165) is 25.9 Å². The Kier molecular flexibility index (Phi) is 4.74. The molecule has 2 amide bonds. The van der Waals surface area contributed by atoms with E-state index in [0.29, 0.717) is 11.1 Å². The first-order valence-corrected chi connectivity index (χ1v) is 6.91. The summed E-state index contributed by atoms with van der Waals surface area (Å²) in [5.41, 5.74) is 1.18. The smallest absolute Gasteiger partial charge is 0.253 e. The maximum absolute atomic E-state index is 12.1. The van der Waals surface area contributed by atoms with Crippen molar-refractivity contribution in [1.82, 2.24) is 15.5 Å². The van der Waals surface area contributed by atoms with Gasteiger partial charge in [0.25, 0.3) is 11.8 Å². The first-order chi connectivity index (χ1) is 9.58. The Hall–Kier alpha value is -1.88. The molecule has 1 atom stereocenters. The summed E-state index contributed by atoms with van der Waals surface area (Å²) in [7, 11) is 3.41. The molecular formula is C15H21N3O2. The summed E-state index contributed by atoms with van der Waals surface area (Å²) in [6.07, 6.45) is 2.09. The zero-order valence-electron chi connectivity index (χ0n) is 12.0. The first kappa shape index (κ1) is 14.5. The lowest BCUT2D eigenvalue weighted by Gasteiger charge is -2.23. The molecule has 1 aromatic carbocycles. The molecule has 0 radical (unpaired) electrons. The fourth-order valence-corrected chi connectivity index (χ4v) is 2.27. The van der Waals surface area contributed by atoms with Gasteiger partial charge in [-0.25, -0.2) is 0 Å². The summed E-state index contributed by atoms with van der Waals surface area (Å²) < 4.78 is 0. The van der Waals surface area contributed by atoms with Crippen molar-refractivity contribution in [2.24, 2.45) is 0 Å². The van der Waals surface area contributed by atoms with Crippen LogP contribution in [-0.2, 0) is 0 Å². The van der Waals surface area contributed by atoms with Gasteiger partial charge >= 0.3 is 0 Å². The quantitative estimate of drug-likeness (QED) is 0.860. The van der Waals surface area contributed by atoms with Gasteiger partial charge in [-0.15, -0.1) is 0 Å². The lowest BCUT2D eigenvalue weighted by molar-refractivity contribution is 0.0826. The minimum Gasteiger partial charge on any atom is -0.348 e. The molecule has 0 bridgehead atoms. The summed E-state index contributed by atoms with van der Waals surface area (Å²) in [6.45, 7) is 1.84. The third-order valence-electron chi connectivity index (χ3n) is 3.43. The maximum Gasteiger partial charge on any atom is 0.253 e. The zero-order chi connectivity index (χ0) is 14.5. The SMILES string of the molecule is CN(C)C(=O)c1ccc(C(=O)NC2CCCNC2)cc1. The molecule has 1 unspecified atom stereocenters. The molecule has 2 N–H and O–H groups in total. The van der Waals surface area contributed by atoms with Crippen molar-refractivity contribution in [3.63, 3.8) is 0 Å². The van der Waals surface area contributed by atoms with E-state index in [1.807, 2.05) is 0 Å². The zero-order valence-corrected chi connectivity index (χ0v) is 12.0. The van der Waals surface area contributed by atoms with Crippen molar-refractivity contribution in [1.29, 1.82) is 0 Å². The van der Waals surface area contributed by atoms with E-state index in [9.17, 15) is 9.59 Å². The average Bonchev–Trinajstić information content (AvgIpc) is 2.47. The van der Waals surface area contributed by atoms with Gasteiger partial charge in [-0.1, -0.05) is 0 Å². The maximum atomic E-state index is 12.1. The van der Waals surface area contributed by atoms with E-state index in [1.54, 1.807) is 38.4 Å². The highest BCUT2D eigenvalue weighted by Crippen LogP contribution is 2.08. The van der Waals surface area contributed by atoms with Crippen LogP contribution in [0.1, 0.15) is 33.6 Å². The van der Waals surface area contributed by atoms with Crippen molar-refractivity contribution < 1.29 is 9.59 Å². The van der Waals surface area contributed by atoms with Crippen molar-refractivity contribution in [2.75, 3.05) is 27.2 Å². The molecule has 0 aliphatic carbocycles. The van der Waals surface area contributed by atoms with Gasteiger partial charge < -0.3 is 15.5 Å². The van der Waals surface area contributed by atoms with Crippen molar-refractivity contribution in [3.05, 3.63) is 35.4 Å². The van der Waals surface area contributed by atoms with E-state index in [4.69, 9.17) is 0 Å². The van der Waals surface area contributed by atoms with E-state index in [-0.39, 0.29) is 17.9 Å². The minimum absolute atomic E-state index is 0.0616. The highest BCUT2D eigenvalue weighted by atomic mass is 16.2. The van der Waals surface area contributed by atoms with Gasteiger partial charge in [-0.05, 0) is 43.7 Å². The number of nitrogens with one attached hydrogen (secondary N) is 2. The summed E-state index contributed by atoms with van der Waals surface area (Å²) in [5, 5.41) is 6.27. The number of hydrogen-bond acceptors (Lipinski definition) is 3. The first-order valence-electron chi connectivity index (χ1n) is 6.91. The molecule has 1 fully saturated rings. The fraction of sp³-hybridized carbons (Fsp3) is 0.467. The van der Waals surface area contributed by atoms with Crippen LogP contribution in [0.2, 0.25) is 0 Å². The lowest BCUT2D eigenvalue weighted by Crippen LogP contribution is -2.45. The highest BCUT2D eigenvalue weighted by molar-refractivity contribution is 5.97. The summed E-state index contributed by atoms with van der Waals surface area (Å²) in [5.74, 6) is -0.143. The molecule has 2 rings (SSSR count). The molecule has 1 aliphatic rings. The Balaban J connectivity index is 1.98. The summed E-state index contributed by atoms with van der Waals surface area (Å²) in [4.78, 5) is 25.4. The predicted octanol–water partition coefficient (Wildman–Crippen LogP) is 0.870. The Bertz CT molecular complexity index is 476. The monoisotopic (exact) mass is 275 g/mol. The van der Waals surface area contributed by atoms with E-state index >= 15 is 0 Å². The van der Waals surface area contributed by atoms with Gasteiger partial charge in [0.15, 0.2) is 0 Å². The van der Waals surface area contributed by atoms with Crippen molar-refractivity contribution >= 4 is 11.8 Å². The van der Waals surface area contributed by atoms with E-state index in [2.05, 4.69) is 10.6 Å². The third-order valence-corrected chi connectivity index (χ3v) is 3.43. The molecule has 0 spiro atoms. The molecular weight excluding hydrogens is 254 g/mol. The molecule has 5 heteroatoms. The van der Waals surface area contributed by atoms with Gasteiger partial charge in [-0.3, -0.25) is 9.59 Å². The normalized spacial score (nSPS) is 18.4. The third kappa shape index (κ3) is 3.57. The number of hydrogen-bond donors (Lipinski definition) is 2. The van der Waals surface area contributed by atoms with Crippen LogP contribution in [-0.4, -0.2) is 49.9 Å². The molecule has 0 saturated carbocycles. The fourth-order valence-electron chi connectivity index (χ4n) is 2.27. The molecule has 20 heavy (non-hydrogen) atoms. The molecule has 5 nitrogen and oxygen atoms in total. The lowest BCUT2D eigenvalue weighted by atomic mass is 10.1. The standard InChI is InChI=1S/C15H21N3O2/c1-18(2)15(20)12-7-5-11(6-8-12)14(19)17-13-4-3-9-16-10-13/h5-8,13,16H,3-4,9-10H2,1-2H3,(H,17,19). The summed E-state index contributed by atoms with van der Waals surface area (Å²) >= 11 is 0. The number of benzene rings is 1. The van der Waals surface area contributed by atoms with Gasteiger partial charge in [0.1, 0.15) is 0 Å². The molecule has 1 heterocycles. The number of amides is 2. The van der Waals surface area contributed by atoms with Crippen LogP contribution in [0.4, 0.5) is 0 Å². The molecule has 1 aromatic rings. The van der Waals surface area contributed by atoms with Gasteiger partial charge in [-0.2, -0.15) is 0 Å². The largest absolute Gasteiger partial charge is 0.348 e. The Morgan fingerprint density at radius 3 is 2.40 bits per heavy atom. The van der Waals surface area contributed by atoms with Crippen LogP contribution in [0, 0.1) is 0 Å². The van der Waals surface area contributed by atoms with Gasteiger partial charge in [0, 0.05) is 37.8 Å². The predicted molar refractivity (Wildman–Crippen MR) is 77.8 cm³/mol. The average molecular weight is 275 g/mol. The number of carbonyl (C=O) groups excluding carboxylic acids is 2. The van der Waals surface area contributed by atoms with Gasteiger partial charge in [0.05, 0.1) is 0 Å². The number of nitrogens with zero attached hydrogens (tertiary/aromatic N) is 1. The van der Waals surface area contributed by atoms with Crippen LogP contribution in [0.3, 0.4) is 0 Å². The van der Waals surface area contributed by atoms with Crippen LogP contribution in [0.5, 0.6) is 0 Å². The second-order valence-corrected chi connectivity index (χ2v) is 5.29. The highest BCUT2D eigenvalue weighted by Gasteiger charge is 2.16. The van der Waals surface area contributed by atoms with Crippen LogP contribution in [0.15, 0.2) is 24.3 Å². The molecule has 1 aliphatic heterocycles. The number of carbonyl (C=O) groups is 2. The second-order valence-electron chi connectivity index (χ2n) is 5.29. The van der Waals surface area contributed by atoms with Gasteiger partial charge in [0.2, 0.25) is 0 Å². The summed E-state index contributed by atoms with van der Waals surface area (Å²) in [6, 6.07) is 6.97. The van der Waals surface area contributed by atoms with Crippen LogP contribution >= 0.6 is 0 Å². The molecule has 1 saturated heterocycles. The number of rotatable bonds is 3. The minimum atomic E-state index is -0.0810. The van der Waals surface area contributed by atoms with Crippen LogP contribution < -0.4 is 10.6 Å². The van der Waals surface area contributed by atoms with Crippen molar-refractivity contribution in [3.8, 4) is 0 Å². The molecule has 0 aromatic heterocycles. The Morgan fingerprint density at radius 2 is 1.85 bits per heavy atom. The van der Waals surface area contributed by atoms with E-state index < -0.39 is 0 Å². The topological polar surface area (TPSA) is 61.4 Å². The molecule has 108 valence electrons. The number of piperidine rings is 1. The van der Waals surface area contributed by atoms with E-state index in [1.165, 1.54) is 4.90 Å². The second kappa shape index (κ2) is 6.52. The Morgan fingerprint density at radius 1 is 1.20 bits per heavy atom.